The third kappa shape index (κ3) is 5.08. The SMILES string of the molecule is CCCNC(CCc1cccs1)C(C)(CC)N(CC)CC. The van der Waals surface area contributed by atoms with E-state index in [0.717, 1.165) is 19.6 Å². The number of rotatable bonds is 11. The lowest BCUT2D eigenvalue weighted by atomic mass is 9.84. The quantitative estimate of drug-likeness (QED) is 0.644. The summed E-state index contributed by atoms with van der Waals surface area (Å²) in [5, 5.41) is 6.02. The molecule has 3 heteroatoms. The molecule has 2 unspecified atom stereocenters. The minimum absolute atomic E-state index is 0.246. The highest BCUT2D eigenvalue weighted by Gasteiger charge is 2.36. The Hall–Kier alpha value is -0.380. The molecule has 2 atom stereocenters. The summed E-state index contributed by atoms with van der Waals surface area (Å²) in [6, 6.07) is 4.99. The molecule has 0 radical (unpaired) electrons. The molecule has 0 fully saturated rings. The second-order valence-electron chi connectivity index (χ2n) is 6.01. The zero-order valence-corrected chi connectivity index (χ0v) is 15.4. The lowest BCUT2D eigenvalue weighted by Crippen LogP contribution is -2.59. The van der Waals surface area contributed by atoms with Crippen molar-refractivity contribution in [3.63, 3.8) is 0 Å². The topological polar surface area (TPSA) is 15.3 Å². The third-order valence-corrected chi connectivity index (χ3v) is 5.79. The first-order chi connectivity index (χ1) is 10.1. The van der Waals surface area contributed by atoms with Gasteiger partial charge in [0, 0.05) is 16.5 Å². The van der Waals surface area contributed by atoms with Crippen molar-refractivity contribution in [1.29, 1.82) is 0 Å². The molecule has 122 valence electrons. The average Bonchev–Trinajstić information content (AvgIpc) is 3.01. The molecule has 1 heterocycles. The number of hydrogen-bond acceptors (Lipinski definition) is 3. The van der Waals surface area contributed by atoms with Crippen molar-refractivity contribution >= 4 is 11.3 Å². The fourth-order valence-corrected chi connectivity index (χ4v) is 4.05. The third-order valence-electron chi connectivity index (χ3n) is 4.85. The Kier molecular flexibility index (Phi) is 8.53. The highest BCUT2D eigenvalue weighted by Crippen LogP contribution is 2.27. The molecule has 1 N–H and O–H groups in total. The van der Waals surface area contributed by atoms with Gasteiger partial charge in [0.05, 0.1) is 0 Å². The van der Waals surface area contributed by atoms with Crippen LogP contribution in [0.25, 0.3) is 0 Å². The molecule has 1 aromatic heterocycles. The maximum absolute atomic E-state index is 3.84. The fourth-order valence-electron chi connectivity index (χ4n) is 3.33. The van der Waals surface area contributed by atoms with Gasteiger partial charge >= 0.3 is 0 Å². The first-order valence-corrected chi connectivity index (χ1v) is 9.51. The van der Waals surface area contributed by atoms with E-state index in [4.69, 9.17) is 0 Å². The van der Waals surface area contributed by atoms with Crippen molar-refractivity contribution < 1.29 is 0 Å². The summed E-state index contributed by atoms with van der Waals surface area (Å²) in [6.07, 6.45) is 4.81. The zero-order chi connectivity index (χ0) is 15.7. The molecule has 0 saturated heterocycles. The molecule has 0 aliphatic heterocycles. The molecular formula is C18H34N2S. The lowest BCUT2D eigenvalue weighted by Gasteiger charge is -2.46. The van der Waals surface area contributed by atoms with Crippen molar-refractivity contribution in [3.05, 3.63) is 22.4 Å². The Morgan fingerprint density at radius 3 is 2.43 bits per heavy atom. The smallest absolute Gasteiger partial charge is 0.0331 e. The predicted molar refractivity (Wildman–Crippen MR) is 96.3 cm³/mol. The summed E-state index contributed by atoms with van der Waals surface area (Å²) >= 11 is 1.89. The van der Waals surface area contributed by atoms with E-state index in [1.165, 1.54) is 30.6 Å². The Bertz CT molecular complexity index is 359. The van der Waals surface area contributed by atoms with Gasteiger partial charge in [-0.15, -0.1) is 11.3 Å². The van der Waals surface area contributed by atoms with Crippen molar-refractivity contribution in [3.8, 4) is 0 Å². The monoisotopic (exact) mass is 310 g/mol. The van der Waals surface area contributed by atoms with Gasteiger partial charge in [-0.2, -0.15) is 0 Å². The highest BCUT2D eigenvalue weighted by atomic mass is 32.1. The molecule has 1 rings (SSSR count). The number of nitrogens with one attached hydrogen (secondary N) is 1. The van der Waals surface area contributed by atoms with Crippen LogP contribution in [0, 0.1) is 0 Å². The Morgan fingerprint density at radius 2 is 1.95 bits per heavy atom. The summed E-state index contributed by atoms with van der Waals surface area (Å²) in [6.45, 7) is 15.0. The van der Waals surface area contributed by atoms with Crippen LogP contribution in [0.1, 0.15) is 58.8 Å². The summed E-state index contributed by atoms with van der Waals surface area (Å²) in [4.78, 5) is 4.14. The van der Waals surface area contributed by atoms with E-state index in [1.807, 2.05) is 11.3 Å². The van der Waals surface area contributed by atoms with Gasteiger partial charge < -0.3 is 5.32 Å². The largest absolute Gasteiger partial charge is 0.312 e. The van der Waals surface area contributed by atoms with Gasteiger partial charge in [-0.3, -0.25) is 4.90 Å². The molecule has 0 amide bonds. The Balaban J connectivity index is 2.80. The summed E-state index contributed by atoms with van der Waals surface area (Å²) < 4.78 is 0. The molecule has 2 nitrogen and oxygen atoms in total. The second-order valence-corrected chi connectivity index (χ2v) is 7.04. The first-order valence-electron chi connectivity index (χ1n) is 8.63. The van der Waals surface area contributed by atoms with Gasteiger partial charge in [0.25, 0.3) is 0 Å². The van der Waals surface area contributed by atoms with Crippen LogP contribution in [0.15, 0.2) is 17.5 Å². The summed E-state index contributed by atoms with van der Waals surface area (Å²) in [5.74, 6) is 0. The van der Waals surface area contributed by atoms with E-state index in [9.17, 15) is 0 Å². The van der Waals surface area contributed by atoms with Crippen molar-refractivity contribution in [2.45, 2.75) is 71.9 Å². The Labute approximate surface area is 135 Å². The molecule has 0 aliphatic rings. The average molecular weight is 311 g/mol. The fraction of sp³-hybridized carbons (Fsp3) is 0.778. The van der Waals surface area contributed by atoms with E-state index in [2.05, 4.69) is 62.3 Å². The molecule has 0 spiro atoms. The van der Waals surface area contributed by atoms with E-state index >= 15 is 0 Å². The number of thiophene rings is 1. The first kappa shape index (κ1) is 18.7. The van der Waals surface area contributed by atoms with Crippen LogP contribution >= 0.6 is 11.3 Å². The van der Waals surface area contributed by atoms with Gasteiger partial charge in [-0.1, -0.05) is 33.8 Å². The number of nitrogens with zero attached hydrogens (tertiary/aromatic N) is 1. The molecular weight excluding hydrogens is 276 g/mol. The maximum atomic E-state index is 3.84. The van der Waals surface area contributed by atoms with E-state index < -0.39 is 0 Å². The maximum Gasteiger partial charge on any atom is 0.0331 e. The summed E-state index contributed by atoms with van der Waals surface area (Å²) in [7, 11) is 0. The van der Waals surface area contributed by atoms with Crippen molar-refractivity contribution in [1.82, 2.24) is 10.2 Å². The van der Waals surface area contributed by atoms with Crippen LogP contribution < -0.4 is 5.32 Å². The zero-order valence-electron chi connectivity index (χ0n) is 14.6. The van der Waals surface area contributed by atoms with Crippen LogP contribution in [-0.4, -0.2) is 36.1 Å². The van der Waals surface area contributed by atoms with Gasteiger partial charge in [-0.25, -0.2) is 0 Å². The molecule has 21 heavy (non-hydrogen) atoms. The molecule has 0 aromatic carbocycles. The minimum Gasteiger partial charge on any atom is -0.312 e. The van der Waals surface area contributed by atoms with Crippen molar-refractivity contribution in [2.75, 3.05) is 19.6 Å². The van der Waals surface area contributed by atoms with Crippen LogP contribution in [-0.2, 0) is 6.42 Å². The van der Waals surface area contributed by atoms with E-state index in [0.29, 0.717) is 6.04 Å². The predicted octanol–water partition coefficient (Wildman–Crippen LogP) is 4.56. The highest BCUT2D eigenvalue weighted by molar-refractivity contribution is 7.09. The Morgan fingerprint density at radius 1 is 1.24 bits per heavy atom. The standard InChI is InChI=1S/C18H34N2S/c1-6-14-19-17(13-12-16-11-10-15-21-16)18(5,7-2)20(8-3)9-4/h10-11,15,17,19H,6-9,12-14H2,1-5H3. The van der Waals surface area contributed by atoms with Crippen LogP contribution in [0.3, 0.4) is 0 Å². The van der Waals surface area contributed by atoms with E-state index in [1.54, 1.807) is 0 Å². The van der Waals surface area contributed by atoms with Crippen LogP contribution in [0.2, 0.25) is 0 Å². The number of likely N-dealkylation sites (N-methyl/N-ethyl adjacent to an activating group) is 1. The number of aryl methyl sites for hydroxylation is 1. The van der Waals surface area contributed by atoms with Gasteiger partial charge in [0.15, 0.2) is 0 Å². The second kappa shape index (κ2) is 9.60. The minimum atomic E-state index is 0.246. The lowest BCUT2D eigenvalue weighted by molar-refractivity contribution is 0.0669. The van der Waals surface area contributed by atoms with Crippen LogP contribution in [0.4, 0.5) is 0 Å². The van der Waals surface area contributed by atoms with Gasteiger partial charge in [-0.05, 0) is 63.7 Å². The normalized spacial score (nSPS) is 16.1. The summed E-state index contributed by atoms with van der Waals surface area (Å²) in [5.41, 5.74) is 0.246. The molecule has 1 aromatic rings. The van der Waals surface area contributed by atoms with E-state index in [-0.39, 0.29) is 5.54 Å². The van der Waals surface area contributed by atoms with Gasteiger partial charge in [0.2, 0.25) is 0 Å². The van der Waals surface area contributed by atoms with Gasteiger partial charge in [0.1, 0.15) is 0 Å². The molecule has 0 aliphatic carbocycles. The molecule has 0 bridgehead atoms. The van der Waals surface area contributed by atoms with Crippen LogP contribution in [0.5, 0.6) is 0 Å². The number of hydrogen-bond donors (Lipinski definition) is 1. The van der Waals surface area contributed by atoms with Crippen molar-refractivity contribution in [2.24, 2.45) is 0 Å². The molecule has 0 saturated carbocycles.